The Kier molecular flexibility index (Phi) is 4.78. The van der Waals surface area contributed by atoms with Gasteiger partial charge < -0.3 is 10.6 Å². The maximum absolute atomic E-state index is 12.3. The number of fused-ring (bicyclic) bond motifs is 2. The number of carbonyl (C=O) groups is 2. The van der Waals surface area contributed by atoms with Crippen LogP contribution in [0.2, 0.25) is 0 Å². The Morgan fingerprint density at radius 3 is 2.52 bits per heavy atom. The molecule has 1 aromatic carbocycles. The Bertz CT molecular complexity index is 590. The maximum atomic E-state index is 12.3. The van der Waals surface area contributed by atoms with Crippen LogP contribution in [0.15, 0.2) is 24.3 Å². The molecule has 0 radical (unpaired) electrons. The van der Waals surface area contributed by atoms with Gasteiger partial charge in [0.25, 0.3) is 0 Å². The zero-order valence-corrected chi connectivity index (χ0v) is 13.8. The van der Waals surface area contributed by atoms with E-state index in [4.69, 9.17) is 0 Å². The summed E-state index contributed by atoms with van der Waals surface area (Å²) in [5, 5.41) is 6.51. The molecule has 1 aromatic rings. The van der Waals surface area contributed by atoms with Gasteiger partial charge in [0.15, 0.2) is 5.78 Å². The van der Waals surface area contributed by atoms with Gasteiger partial charge in [-0.1, -0.05) is 12.1 Å². The van der Waals surface area contributed by atoms with Gasteiger partial charge in [-0.05, 0) is 51.8 Å². The minimum atomic E-state index is -0.0629. The summed E-state index contributed by atoms with van der Waals surface area (Å²) in [5.41, 5.74) is 1.16. The minimum Gasteiger partial charge on any atom is -0.324 e. The second-order valence-corrected chi connectivity index (χ2v) is 6.83. The number of anilines is 1. The number of hydrogen-bond donors (Lipinski definition) is 2. The van der Waals surface area contributed by atoms with Crippen LogP contribution in [-0.2, 0) is 4.79 Å². The van der Waals surface area contributed by atoms with Crippen molar-refractivity contribution in [1.82, 2.24) is 10.2 Å². The van der Waals surface area contributed by atoms with E-state index in [9.17, 15) is 9.59 Å². The van der Waals surface area contributed by atoms with Crippen molar-refractivity contribution in [2.45, 2.75) is 50.7 Å². The van der Waals surface area contributed by atoms with Crippen LogP contribution in [-0.4, -0.2) is 48.3 Å². The quantitative estimate of drug-likeness (QED) is 0.816. The summed E-state index contributed by atoms with van der Waals surface area (Å²) < 4.78 is 0. The molecule has 0 saturated carbocycles. The normalized spacial score (nSPS) is 26.3. The molecule has 2 N–H and O–H groups in total. The second kappa shape index (κ2) is 6.81. The number of para-hydroxylation sites is 1. The van der Waals surface area contributed by atoms with Crippen molar-refractivity contribution in [1.29, 1.82) is 0 Å². The number of likely N-dealkylation sites (N-methyl/N-ethyl adjacent to an activating group) is 1. The number of carbonyl (C=O) groups excluding carboxylic acids is 2. The third-order valence-electron chi connectivity index (χ3n) is 5.04. The highest BCUT2D eigenvalue weighted by molar-refractivity contribution is 6.04. The van der Waals surface area contributed by atoms with E-state index in [0.29, 0.717) is 35.9 Å². The number of ketones is 1. The molecule has 5 heteroatoms. The summed E-state index contributed by atoms with van der Waals surface area (Å²) in [6.45, 7) is 1.87. The van der Waals surface area contributed by atoms with Gasteiger partial charge >= 0.3 is 0 Å². The molecule has 2 bridgehead atoms. The van der Waals surface area contributed by atoms with Crippen molar-refractivity contribution < 1.29 is 9.59 Å². The van der Waals surface area contributed by atoms with Crippen molar-refractivity contribution in [3.05, 3.63) is 29.8 Å². The SMILES string of the molecule is CC(=O)c1ccccc1NC(=O)CN(C)C1CC2CCC(C1)N2. The molecular formula is C18H25N3O2. The molecule has 2 saturated heterocycles. The monoisotopic (exact) mass is 315 g/mol. The van der Waals surface area contributed by atoms with Crippen LogP contribution in [0.4, 0.5) is 5.69 Å². The molecule has 2 heterocycles. The lowest BCUT2D eigenvalue weighted by molar-refractivity contribution is -0.117. The molecule has 1 amide bonds. The topological polar surface area (TPSA) is 61.4 Å². The molecule has 0 aliphatic carbocycles. The van der Waals surface area contributed by atoms with Gasteiger partial charge in [-0.15, -0.1) is 0 Å². The molecule has 124 valence electrons. The van der Waals surface area contributed by atoms with Crippen LogP contribution >= 0.6 is 0 Å². The number of rotatable bonds is 5. The first-order valence-electron chi connectivity index (χ1n) is 8.39. The summed E-state index contributed by atoms with van der Waals surface area (Å²) in [6, 6.07) is 8.85. The first kappa shape index (κ1) is 16.1. The minimum absolute atomic E-state index is 0.0378. The fraction of sp³-hybridized carbons (Fsp3) is 0.556. The van der Waals surface area contributed by atoms with E-state index in [1.165, 1.54) is 19.8 Å². The number of benzene rings is 1. The van der Waals surface area contributed by atoms with E-state index in [0.717, 1.165) is 12.8 Å². The van der Waals surface area contributed by atoms with Crippen molar-refractivity contribution >= 4 is 17.4 Å². The molecule has 2 aliphatic heterocycles. The molecular weight excluding hydrogens is 290 g/mol. The number of nitrogens with zero attached hydrogens (tertiary/aromatic N) is 1. The number of Topliss-reactive ketones (excluding diaryl/α,β-unsaturated/α-hetero) is 1. The van der Waals surface area contributed by atoms with Gasteiger partial charge in [0.05, 0.1) is 12.2 Å². The fourth-order valence-electron chi connectivity index (χ4n) is 3.83. The van der Waals surface area contributed by atoms with Gasteiger partial charge in [-0.3, -0.25) is 14.5 Å². The highest BCUT2D eigenvalue weighted by atomic mass is 16.2. The molecule has 23 heavy (non-hydrogen) atoms. The van der Waals surface area contributed by atoms with E-state index < -0.39 is 0 Å². The van der Waals surface area contributed by atoms with Crippen LogP contribution in [0, 0.1) is 0 Å². The van der Waals surface area contributed by atoms with Gasteiger partial charge in [0, 0.05) is 23.7 Å². The highest BCUT2D eigenvalue weighted by Crippen LogP contribution is 2.29. The van der Waals surface area contributed by atoms with Crippen molar-refractivity contribution in [3.8, 4) is 0 Å². The van der Waals surface area contributed by atoms with E-state index >= 15 is 0 Å². The molecule has 2 fully saturated rings. The molecule has 0 spiro atoms. The molecule has 2 aliphatic rings. The Morgan fingerprint density at radius 1 is 1.22 bits per heavy atom. The Hall–Kier alpha value is -1.72. The highest BCUT2D eigenvalue weighted by Gasteiger charge is 2.35. The van der Waals surface area contributed by atoms with Crippen molar-refractivity contribution in [2.75, 3.05) is 18.9 Å². The third kappa shape index (κ3) is 3.79. The number of nitrogens with one attached hydrogen (secondary N) is 2. The van der Waals surface area contributed by atoms with E-state index in [2.05, 4.69) is 15.5 Å². The predicted molar refractivity (Wildman–Crippen MR) is 90.7 cm³/mol. The van der Waals surface area contributed by atoms with Crippen LogP contribution in [0.25, 0.3) is 0 Å². The van der Waals surface area contributed by atoms with Crippen LogP contribution in [0.3, 0.4) is 0 Å². The van der Waals surface area contributed by atoms with E-state index in [1.54, 1.807) is 12.1 Å². The Morgan fingerprint density at radius 2 is 1.87 bits per heavy atom. The lowest BCUT2D eigenvalue weighted by Gasteiger charge is -2.35. The summed E-state index contributed by atoms with van der Waals surface area (Å²) in [5.74, 6) is -0.101. The molecule has 3 rings (SSSR count). The summed E-state index contributed by atoms with van der Waals surface area (Å²) in [6.07, 6.45) is 4.75. The third-order valence-corrected chi connectivity index (χ3v) is 5.04. The average Bonchev–Trinajstić information content (AvgIpc) is 2.85. The molecule has 0 aromatic heterocycles. The molecule has 5 nitrogen and oxygen atoms in total. The smallest absolute Gasteiger partial charge is 0.238 e. The van der Waals surface area contributed by atoms with Crippen molar-refractivity contribution in [3.63, 3.8) is 0 Å². The second-order valence-electron chi connectivity index (χ2n) is 6.83. The predicted octanol–water partition coefficient (Wildman–Crippen LogP) is 2.04. The first-order chi connectivity index (χ1) is 11.0. The number of amides is 1. The zero-order valence-electron chi connectivity index (χ0n) is 13.8. The van der Waals surface area contributed by atoms with E-state index in [-0.39, 0.29) is 11.7 Å². The zero-order chi connectivity index (χ0) is 16.4. The van der Waals surface area contributed by atoms with Gasteiger partial charge in [-0.2, -0.15) is 0 Å². The Balaban J connectivity index is 1.58. The first-order valence-corrected chi connectivity index (χ1v) is 8.39. The average molecular weight is 315 g/mol. The maximum Gasteiger partial charge on any atom is 0.238 e. The summed E-state index contributed by atoms with van der Waals surface area (Å²) in [4.78, 5) is 26.1. The molecule has 2 unspecified atom stereocenters. The fourth-order valence-corrected chi connectivity index (χ4v) is 3.83. The van der Waals surface area contributed by atoms with Gasteiger partial charge in [0.1, 0.15) is 0 Å². The molecule has 2 atom stereocenters. The lowest BCUT2D eigenvalue weighted by atomic mass is 9.98. The van der Waals surface area contributed by atoms with E-state index in [1.807, 2.05) is 19.2 Å². The van der Waals surface area contributed by atoms with Gasteiger partial charge in [0.2, 0.25) is 5.91 Å². The van der Waals surface area contributed by atoms with Gasteiger partial charge in [-0.25, -0.2) is 0 Å². The summed E-state index contributed by atoms with van der Waals surface area (Å²) in [7, 11) is 2.02. The summed E-state index contributed by atoms with van der Waals surface area (Å²) >= 11 is 0. The van der Waals surface area contributed by atoms with Crippen LogP contribution in [0.1, 0.15) is 43.0 Å². The number of piperidine rings is 1. The Labute approximate surface area is 137 Å². The van der Waals surface area contributed by atoms with Crippen molar-refractivity contribution in [2.24, 2.45) is 0 Å². The van der Waals surface area contributed by atoms with Crippen LogP contribution < -0.4 is 10.6 Å². The largest absolute Gasteiger partial charge is 0.324 e. The lowest BCUT2D eigenvalue weighted by Crippen LogP contribution is -2.48. The number of hydrogen-bond acceptors (Lipinski definition) is 4. The standard InChI is InChI=1S/C18H25N3O2/c1-12(22)16-5-3-4-6-17(16)20-18(23)11-21(2)15-9-13-7-8-14(10-15)19-13/h3-6,13-15,19H,7-11H2,1-2H3,(H,20,23). The van der Waals surface area contributed by atoms with Crippen LogP contribution in [0.5, 0.6) is 0 Å².